The highest BCUT2D eigenvalue weighted by Gasteiger charge is 2.31. The molecule has 3 atom stereocenters. The topological polar surface area (TPSA) is 166 Å². The number of fused-ring (bicyclic) bond motifs is 1. The second-order valence-corrected chi connectivity index (χ2v) is 3.89. The molecular formula is C9H13N7O2. The third-order valence-corrected chi connectivity index (χ3v) is 2.64. The number of nitrogens with two attached hydrogens (primary N) is 2. The molecule has 9 nitrogen and oxygen atoms in total. The molecule has 18 heavy (non-hydrogen) atoms. The van der Waals surface area contributed by atoms with E-state index in [1.54, 1.807) is 6.07 Å². The van der Waals surface area contributed by atoms with Crippen LogP contribution in [-0.2, 0) is 0 Å². The van der Waals surface area contributed by atoms with Gasteiger partial charge in [0.2, 0.25) is 5.95 Å². The van der Waals surface area contributed by atoms with Gasteiger partial charge in [0, 0.05) is 6.54 Å². The SMILES string of the molecule is N#CC(O)C(O)C1CNc2nc(N)nc(N)c2N1. The van der Waals surface area contributed by atoms with Gasteiger partial charge in [-0.05, 0) is 0 Å². The van der Waals surface area contributed by atoms with Crippen molar-refractivity contribution in [3.63, 3.8) is 0 Å². The van der Waals surface area contributed by atoms with Gasteiger partial charge in [0.15, 0.2) is 17.7 Å². The third-order valence-electron chi connectivity index (χ3n) is 2.64. The molecule has 0 aliphatic carbocycles. The maximum Gasteiger partial charge on any atom is 0.224 e. The summed E-state index contributed by atoms with van der Waals surface area (Å²) in [6.45, 7) is 0.267. The lowest BCUT2D eigenvalue weighted by Crippen LogP contribution is -2.48. The van der Waals surface area contributed by atoms with Crippen molar-refractivity contribution >= 4 is 23.3 Å². The molecule has 0 bridgehead atoms. The monoisotopic (exact) mass is 251 g/mol. The first kappa shape index (κ1) is 12.2. The summed E-state index contributed by atoms with van der Waals surface area (Å²) < 4.78 is 0. The van der Waals surface area contributed by atoms with Gasteiger partial charge in [0.05, 0.1) is 12.1 Å². The molecule has 96 valence electrons. The normalized spacial score (nSPS) is 20.8. The Morgan fingerprint density at radius 3 is 2.78 bits per heavy atom. The number of aliphatic hydroxyl groups is 2. The van der Waals surface area contributed by atoms with E-state index in [1.165, 1.54) is 0 Å². The maximum atomic E-state index is 9.73. The Morgan fingerprint density at radius 1 is 1.39 bits per heavy atom. The number of anilines is 4. The lowest BCUT2D eigenvalue weighted by molar-refractivity contribution is 0.0422. The van der Waals surface area contributed by atoms with Gasteiger partial charge in [-0.3, -0.25) is 0 Å². The highest BCUT2D eigenvalue weighted by molar-refractivity contribution is 5.78. The summed E-state index contributed by atoms with van der Waals surface area (Å²) in [5.74, 6) is 0.597. The van der Waals surface area contributed by atoms with Crippen LogP contribution >= 0.6 is 0 Å². The van der Waals surface area contributed by atoms with E-state index in [4.69, 9.17) is 16.7 Å². The summed E-state index contributed by atoms with van der Waals surface area (Å²) >= 11 is 0. The number of nitrogens with zero attached hydrogens (tertiary/aromatic N) is 3. The molecule has 1 aromatic heterocycles. The lowest BCUT2D eigenvalue weighted by Gasteiger charge is -2.31. The van der Waals surface area contributed by atoms with Crippen molar-refractivity contribution in [3.05, 3.63) is 0 Å². The molecule has 3 unspecified atom stereocenters. The van der Waals surface area contributed by atoms with Gasteiger partial charge >= 0.3 is 0 Å². The van der Waals surface area contributed by atoms with Gasteiger partial charge < -0.3 is 32.3 Å². The number of nitriles is 1. The Hall–Kier alpha value is -2.31. The van der Waals surface area contributed by atoms with Crippen LogP contribution in [0.1, 0.15) is 0 Å². The summed E-state index contributed by atoms with van der Waals surface area (Å²) in [5.41, 5.74) is 11.5. The van der Waals surface area contributed by atoms with Crippen LogP contribution in [0.15, 0.2) is 0 Å². The molecule has 9 heteroatoms. The number of nitrogens with one attached hydrogen (secondary N) is 2. The molecule has 0 amide bonds. The first-order chi connectivity index (χ1) is 8.52. The number of hydrogen-bond donors (Lipinski definition) is 6. The minimum Gasteiger partial charge on any atom is -0.387 e. The minimum atomic E-state index is -1.48. The van der Waals surface area contributed by atoms with E-state index < -0.39 is 18.2 Å². The summed E-state index contributed by atoms with van der Waals surface area (Å²) in [6, 6.07) is 0.983. The van der Waals surface area contributed by atoms with Crippen molar-refractivity contribution in [3.8, 4) is 6.07 Å². The van der Waals surface area contributed by atoms with E-state index in [2.05, 4.69) is 20.6 Å². The van der Waals surface area contributed by atoms with E-state index >= 15 is 0 Å². The Morgan fingerprint density at radius 2 is 2.11 bits per heavy atom. The van der Waals surface area contributed by atoms with Crippen LogP contribution in [-0.4, -0.2) is 45.0 Å². The van der Waals surface area contributed by atoms with E-state index in [0.29, 0.717) is 11.5 Å². The van der Waals surface area contributed by atoms with Crippen molar-refractivity contribution in [2.75, 3.05) is 28.6 Å². The molecule has 0 saturated heterocycles. The predicted molar refractivity (Wildman–Crippen MR) is 64.4 cm³/mol. The largest absolute Gasteiger partial charge is 0.387 e. The van der Waals surface area contributed by atoms with E-state index in [-0.39, 0.29) is 18.3 Å². The first-order valence-electron chi connectivity index (χ1n) is 5.22. The van der Waals surface area contributed by atoms with Crippen LogP contribution in [0.5, 0.6) is 0 Å². The molecule has 2 rings (SSSR count). The fraction of sp³-hybridized carbons (Fsp3) is 0.444. The molecule has 8 N–H and O–H groups in total. The molecule has 0 fully saturated rings. The number of hydrogen-bond acceptors (Lipinski definition) is 9. The van der Waals surface area contributed by atoms with Crippen LogP contribution in [0.2, 0.25) is 0 Å². The van der Waals surface area contributed by atoms with Crippen LogP contribution < -0.4 is 22.1 Å². The summed E-state index contributed by atoms with van der Waals surface area (Å²) in [6.07, 6.45) is -2.74. The zero-order chi connectivity index (χ0) is 13.3. The van der Waals surface area contributed by atoms with Gasteiger partial charge in [-0.15, -0.1) is 0 Å². The molecule has 0 saturated carbocycles. The van der Waals surface area contributed by atoms with Gasteiger partial charge in [-0.25, -0.2) is 0 Å². The van der Waals surface area contributed by atoms with Crippen LogP contribution in [0.3, 0.4) is 0 Å². The summed E-state index contributed by atoms with van der Waals surface area (Å²) in [4.78, 5) is 7.72. The molecule has 1 aliphatic rings. The smallest absolute Gasteiger partial charge is 0.224 e. The second kappa shape index (κ2) is 4.52. The van der Waals surface area contributed by atoms with E-state index in [9.17, 15) is 10.2 Å². The van der Waals surface area contributed by atoms with Crippen molar-refractivity contribution in [1.29, 1.82) is 5.26 Å². The minimum absolute atomic E-state index is 0.0385. The first-order valence-corrected chi connectivity index (χ1v) is 5.22. The Balaban J connectivity index is 2.23. The molecule has 1 aliphatic heterocycles. The van der Waals surface area contributed by atoms with Crippen molar-refractivity contribution < 1.29 is 10.2 Å². The van der Waals surface area contributed by atoms with E-state index in [1.807, 2.05) is 0 Å². The molecule has 0 radical (unpaired) electrons. The highest BCUT2D eigenvalue weighted by Crippen LogP contribution is 2.30. The lowest BCUT2D eigenvalue weighted by atomic mass is 10.0. The van der Waals surface area contributed by atoms with Crippen LogP contribution in [0.4, 0.5) is 23.3 Å². The van der Waals surface area contributed by atoms with Crippen molar-refractivity contribution in [1.82, 2.24) is 9.97 Å². The average Bonchev–Trinajstić information content (AvgIpc) is 2.36. The van der Waals surface area contributed by atoms with Crippen molar-refractivity contribution in [2.45, 2.75) is 18.2 Å². The van der Waals surface area contributed by atoms with Crippen molar-refractivity contribution in [2.24, 2.45) is 0 Å². The maximum absolute atomic E-state index is 9.73. The van der Waals surface area contributed by atoms with Gasteiger partial charge in [0.25, 0.3) is 0 Å². The zero-order valence-electron chi connectivity index (χ0n) is 9.33. The molecule has 1 aromatic rings. The Bertz CT molecular complexity index is 500. The second-order valence-electron chi connectivity index (χ2n) is 3.89. The van der Waals surface area contributed by atoms with Gasteiger partial charge in [0.1, 0.15) is 11.8 Å². The molecular weight excluding hydrogens is 238 g/mol. The van der Waals surface area contributed by atoms with Gasteiger partial charge in [-0.1, -0.05) is 0 Å². The number of rotatable bonds is 2. The predicted octanol–water partition coefficient (Wildman–Crippen LogP) is -1.91. The number of aliphatic hydroxyl groups excluding tert-OH is 2. The quantitative estimate of drug-likeness (QED) is 0.329. The standard InChI is InChI=1S/C9H13N7O2/c10-1-4(17)6(18)3-2-13-8-5(14-3)7(11)15-9(12)16-8/h3-4,6,14,17-18H,2H2,(H5,11,12,13,15,16). The van der Waals surface area contributed by atoms with Crippen LogP contribution in [0.25, 0.3) is 0 Å². The summed E-state index contributed by atoms with van der Waals surface area (Å²) in [7, 11) is 0. The van der Waals surface area contributed by atoms with E-state index in [0.717, 1.165) is 0 Å². The number of nitrogen functional groups attached to an aromatic ring is 2. The summed E-state index contributed by atoms with van der Waals surface area (Å²) in [5, 5.41) is 33.3. The average molecular weight is 251 g/mol. The molecule has 0 aromatic carbocycles. The van der Waals surface area contributed by atoms with Gasteiger partial charge in [-0.2, -0.15) is 15.2 Å². The Kier molecular flexibility index (Phi) is 3.05. The highest BCUT2D eigenvalue weighted by atomic mass is 16.3. The molecule has 0 spiro atoms. The fourth-order valence-electron chi connectivity index (χ4n) is 1.71. The zero-order valence-corrected chi connectivity index (χ0v) is 9.33. The number of aromatic nitrogens is 2. The van der Waals surface area contributed by atoms with Crippen LogP contribution in [0, 0.1) is 11.3 Å². The molecule has 2 heterocycles. The Labute approximate surface area is 102 Å². The third kappa shape index (κ3) is 2.06. The fourth-order valence-corrected chi connectivity index (χ4v) is 1.71.